The molecule has 1 aliphatic heterocycles. The molecule has 1 saturated heterocycles. The maximum absolute atomic E-state index is 5.51. The highest BCUT2D eigenvalue weighted by atomic mass is 16.5. The lowest BCUT2D eigenvalue weighted by Crippen LogP contribution is -2.45. The van der Waals surface area contributed by atoms with E-state index in [-0.39, 0.29) is 0 Å². The van der Waals surface area contributed by atoms with E-state index in [0.29, 0.717) is 31.7 Å². The number of guanidine groups is 1. The van der Waals surface area contributed by atoms with E-state index in [9.17, 15) is 0 Å². The number of hydrogen-bond donors (Lipinski definition) is 2. The van der Waals surface area contributed by atoms with Crippen LogP contribution in [0.5, 0.6) is 5.88 Å². The number of methoxy groups -OCH3 is 1. The normalized spacial score (nSPS) is 21.2. The highest BCUT2D eigenvalue weighted by molar-refractivity contribution is 5.80. The van der Waals surface area contributed by atoms with Crippen LogP contribution in [0.25, 0.3) is 0 Å². The summed E-state index contributed by atoms with van der Waals surface area (Å²) in [6.45, 7) is 6.96. The summed E-state index contributed by atoms with van der Waals surface area (Å²) >= 11 is 0. The van der Waals surface area contributed by atoms with Gasteiger partial charge in [0.25, 0.3) is 0 Å². The molecule has 1 atom stereocenters. The molecule has 2 N–H and O–H groups in total. The second-order valence-electron chi connectivity index (χ2n) is 7.60. The molecular formula is C21H35N5O2. The van der Waals surface area contributed by atoms with Crippen molar-refractivity contribution >= 4 is 5.96 Å². The summed E-state index contributed by atoms with van der Waals surface area (Å²) in [7, 11) is 1.66. The molecule has 3 rings (SSSR count). The molecular weight excluding hydrogens is 354 g/mol. The van der Waals surface area contributed by atoms with Crippen LogP contribution in [0.4, 0.5) is 0 Å². The fourth-order valence-corrected chi connectivity index (χ4v) is 4.01. The first-order valence-electron chi connectivity index (χ1n) is 10.6. The molecule has 7 nitrogen and oxygen atoms in total. The molecule has 0 spiro atoms. The average molecular weight is 390 g/mol. The summed E-state index contributed by atoms with van der Waals surface area (Å²) < 4.78 is 10.5. The van der Waals surface area contributed by atoms with Gasteiger partial charge in [0.2, 0.25) is 5.88 Å². The van der Waals surface area contributed by atoms with Gasteiger partial charge in [0.15, 0.2) is 5.96 Å². The fraction of sp³-hybridized carbons (Fsp3) is 0.714. The Bertz CT molecular complexity index is 601. The highest BCUT2D eigenvalue weighted by Gasteiger charge is 2.30. The summed E-state index contributed by atoms with van der Waals surface area (Å²) in [6, 6.07) is 5.19. The smallest absolute Gasteiger partial charge is 0.213 e. The molecule has 0 radical (unpaired) electrons. The molecule has 2 aliphatic rings. The molecule has 1 unspecified atom stereocenters. The minimum absolute atomic E-state index is 0.480. The molecule has 1 aromatic heterocycles. The first-order chi connectivity index (χ1) is 13.8. The van der Waals surface area contributed by atoms with E-state index in [1.807, 2.05) is 18.3 Å². The fourth-order valence-electron chi connectivity index (χ4n) is 4.01. The molecule has 7 heteroatoms. The zero-order chi connectivity index (χ0) is 19.6. The van der Waals surface area contributed by atoms with Crippen molar-refractivity contribution in [1.82, 2.24) is 20.5 Å². The molecule has 28 heavy (non-hydrogen) atoms. The van der Waals surface area contributed by atoms with Crippen LogP contribution in [-0.2, 0) is 11.3 Å². The first-order valence-corrected chi connectivity index (χ1v) is 10.6. The van der Waals surface area contributed by atoms with Crippen molar-refractivity contribution in [3.05, 3.63) is 23.9 Å². The SMILES string of the molecule is CCNC(=NCc1ccc(OCCOC)nc1)NC1CCN(C2CCCC2)C1. The molecule has 0 bridgehead atoms. The van der Waals surface area contributed by atoms with Crippen molar-refractivity contribution in [3.8, 4) is 5.88 Å². The van der Waals surface area contributed by atoms with Gasteiger partial charge < -0.3 is 20.1 Å². The van der Waals surface area contributed by atoms with Crippen LogP contribution in [0, 0.1) is 0 Å². The maximum atomic E-state index is 5.51. The molecule has 156 valence electrons. The number of hydrogen-bond acceptors (Lipinski definition) is 5. The number of pyridine rings is 1. The van der Waals surface area contributed by atoms with Crippen molar-refractivity contribution in [3.63, 3.8) is 0 Å². The van der Waals surface area contributed by atoms with E-state index in [0.717, 1.165) is 30.7 Å². The summed E-state index contributed by atoms with van der Waals surface area (Å²) in [4.78, 5) is 11.8. The van der Waals surface area contributed by atoms with Crippen molar-refractivity contribution < 1.29 is 9.47 Å². The van der Waals surface area contributed by atoms with Crippen LogP contribution >= 0.6 is 0 Å². The van der Waals surface area contributed by atoms with E-state index in [1.54, 1.807) is 7.11 Å². The van der Waals surface area contributed by atoms with Gasteiger partial charge in [-0.05, 0) is 31.7 Å². The zero-order valence-corrected chi connectivity index (χ0v) is 17.3. The lowest BCUT2D eigenvalue weighted by Gasteiger charge is -2.24. The topological polar surface area (TPSA) is 71.0 Å². The quantitative estimate of drug-likeness (QED) is 0.383. The summed E-state index contributed by atoms with van der Waals surface area (Å²) in [5, 5.41) is 7.00. The van der Waals surface area contributed by atoms with Crippen LogP contribution in [0.15, 0.2) is 23.3 Å². The lowest BCUT2D eigenvalue weighted by atomic mass is 10.2. The predicted octanol–water partition coefficient (Wildman–Crippen LogP) is 2.18. The van der Waals surface area contributed by atoms with Crippen molar-refractivity contribution in [2.24, 2.45) is 4.99 Å². The second kappa shape index (κ2) is 11.2. The van der Waals surface area contributed by atoms with Crippen molar-refractivity contribution in [1.29, 1.82) is 0 Å². The Morgan fingerprint density at radius 3 is 2.82 bits per heavy atom. The Hall–Kier alpha value is -1.86. The Morgan fingerprint density at radius 1 is 1.25 bits per heavy atom. The van der Waals surface area contributed by atoms with Gasteiger partial charge >= 0.3 is 0 Å². The van der Waals surface area contributed by atoms with E-state index in [2.05, 4.69) is 27.4 Å². The Kier molecular flexibility index (Phi) is 8.36. The van der Waals surface area contributed by atoms with E-state index >= 15 is 0 Å². The number of ether oxygens (including phenoxy) is 2. The van der Waals surface area contributed by atoms with E-state index in [4.69, 9.17) is 14.5 Å². The zero-order valence-electron chi connectivity index (χ0n) is 17.3. The van der Waals surface area contributed by atoms with Gasteiger partial charge in [-0.25, -0.2) is 9.98 Å². The number of nitrogens with one attached hydrogen (secondary N) is 2. The maximum Gasteiger partial charge on any atom is 0.213 e. The van der Waals surface area contributed by atoms with Gasteiger partial charge in [0.1, 0.15) is 6.61 Å². The van der Waals surface area contributed by atoms with Crippen molar-refractivity contribution in [2.75, 3.05) is 40.0 Å². The predicted molar refractivity (Wildman–Crippen MR) is 112 cm³/mol. The second-order valence-corrected chi connectivity index (χ2v) is 7.60. The third kappa shape index (κ3) is 6.34. The van der Waals surface area contributed by atoms with Gasteiger partial charge in [-0.1, -0.05) is 18.9 Å². The Balaban J connectivity index is 1.48. The number of aliphatic imine (C=N–C) groups is 1. The molecule has 1 aliphatic carbocycles. The van der Waals surface area contributed by atoms with E-state index < -0.39 is 0 Å². The lowest BCUT2D eigenvalue weighted by molar-refractivity contribution is 0.143. The third-order valence-corrected chi connectivity index (χ3v) is 5.50. The number of aromatic nitrogens is 1. The largest absolute Gasteiger partial charge is 0.475 e. The van der Waals surface area contributed by atoms with Gasteiger partial charge in [0.05, 0.1) is 13.2 Å². The molecule has 0 amide bonds. The standard InChI is InChI=1S/C21H35N5O2/c1-3-22-21(25-18-10-11-26(16-18)19-6-4-5-7-19)24-15-17-8-9-20(23-14-17)28-13-12-27-2/h8-9,14,18-19H,3-7,10-13,15-16H2,1-2H3,(H2,22,24,25). The van der Waals surface area contributed by atoms with Crippen LogP contribution in [-0.4, -0.2) is 67.9 Å². The van der Waals surface area contributed by atoms with Crippen molar-refractivity contribution in [2.45, 2.75) is 57.7 Å². The highest BCUT2D eigenvalue weighted by Crippen LogP contribution is 2.26. The van der Waals surface area contributed by atoms with Crippen LogP contribution < -0.4 is 15.4 Å². The molecule has 2 fully saturated rings. The summed E-state index contributed by atoms with van der Waals surface area (Å²) in [5.74, 6) is 1.51. The van der Waals surface area contributed by atoms with Gasteiger partial charge in [-0.2, -0.15) is 0 Å². The molecule has 1 aromatic rings. The average Bonchev–Trinajstić information content (AvgIpc) is 3.39. The van der Waals surface area contributed by atoms with Crippen LogP contribution in [0.3, 0.4) is 0 Å². The third-order valence-electron chi connectivity index (χ3n) is 5.50. The number of likely N-dealkylation sites (tertiary alicyclic amines) is 1. The Morgan fingerprint density at radius 2 is 2.11 bits per heavy atom. The molecule has 1 saturated carbocycles. The number of rotatable bonds is 9. The van der Waals surface area contributed by atoms with Crippen LogP contribution in [0.2, 0.25) is 0 Å². The monoisotopic (exact) mass is 389 g/mol. The summed E-state index contributed by atoms with van der Waals surface area (Å²) in [6.07, 6.45) is 8.56. The van der Waals surface area contributed by atoms with Gasteiger partial charge in [-0.15, -0.1) is 0 Å². The Labute approximate surface area is 168 Å². The van der Waals surface area contributed by atoms with Gasteiger partial charge in [0, 0.05) is 51.1 Å². The molecule has 0 aromatic carbocycles. The summed E-state index contributed by atoms with van der Waals surface area (Å²) in [5.41, 5.74) is 1.07. The van der Waals surface area contributed by atoms with Gasteiger partial charge in [-0.3, -0.25) is 4.90 Å². The minimum Gasteiger partial charge on any atom is -0.475 e. The van der Waals surface area contributed by atoms with Crippen LogP contribution in [0.1, 0.15) is 44.6 Å². The number of nitrogens with zero attached hydrogens (tertiary/aromatic N) is 3. The molecule has 2 heterocycles. The first kappa shape index (κ1) is 20.9. The van der Waals surface area contributed by atoms with E-state index in [1.165, 1.54) is 38.6 Å². The minimum atomic E-state index is 0.480.